The summed E-state index contributed by atoms with van der Waals surface area (Å²) in [5.41, 5.74) is 8.98. The fraction of sp³-hybridized carbons (Fsp3) is 0.300. The second-order valence-electron chi connectivity index (χ2n) is 6.47. The highest BCUT2D eigenvalue weighted by atomic mass is 16.2. The van der Waals surface area contributed by atoms with Gasteiger partial charge in [-0.05, 0) is 48.2 Å². The number of rotatable bonds is 7. The monoisotopic (exact) mass is 339 g/mol. The number of benzene rings is 2. The number of hydrogen-bond acceptors (Lipinski definition) is 3. The molecule has 2 aromatic carbocycles. The minimum Gasteiger partial charge on any atom is -0.399 e. The van der Waals surface area contributed by atoms with Gasteiger partial charge in [0.1, 0.15) is 0 Å². The summed E-state index contributed by atoms with van der Waals surface area (Å²) < 4.78 is 0. The fourth-order valence-corrected chi connectivity index (χ4v) is 2.45. The molecule has 2 amide bonds. The van der Waals surface area contributed by atoms with Crippen LogP contribution in [0, 0.1) is 5.92 Å². The topological polar surface area (TPSA) is 84.2 Å². The molecule has 5 nitrogen and oxygen atoms in total. The fourth-order valence-electron chi connectivity index (χ4n) is 2.45. The molecule has 0 saturated heterocycles. The Morgan fingerprint density at radius 2 is 1.48 bits per heavy atom. The molecule has 0 aliphatic heterocycles. The maximum absolute atomic E-state index is 12.1. The number of nitrogens with one attached hydrogen (secondary N) is 2. The van der Waals surface area contributed by atoms with Crippen molar-refractivity contribution in [1.82, 2.24) is 0 Å². The standard InChI is InChI=1S/C20H25N3O2/c1-14(2)13-20(25)23-17-10-8-16(9-11-17)22-19(24)12-7-15-5-3-4-6-18(15)21/h3-6,8-11,14H,7,12-13,21H2,1-2H3,(H,22,24)(H,23,25). The molecule has 0 radical (unpaired) electrons. The average Bonchev–Trinajstić information content (AvgIpc) is 2.55. The lowest BCUT2D eigenvalue weighted by atomic mass is 10.1. The number of aryl methyl sites for hydroxylation is 1. The van der Waals surface area contributed by atoms with E-state index in [1.54, 1.807) is 24.3 Å². The lowest BCUT2D eigenvalue weighted by molar-refractivity contribution is -0.117. The smallest absolute Gasteiger partial charge is 0.224 e. The second kappa shape index (κ2) is 8.87. The Morgan fingerprint density at radius 1 is 0.920 bits per heavy atom. The van der Waals surface area contributed by atoms with E-state index in [9.17, 15) is 9.59 Å². The molecule has 0 fully saturated rings. The van der Waals surface area contributed by atoms with Crippen LogP contribution in [0.4, 0.5) is 17.1 Å². The van der Waals surface area contributed by atoms with Crippen LogP contribution in [0.2, 0.25) is 0 Å². The van der Waals surface area contributed by atoms with E-state index in [0.29, 0.717) is 36.6 Å². The van der Waals surface area contributed by atoms with Crippen molar-refractivity contribution >= 4 is 28.9 Å². The molecule has 0 aliphatic rings. The Bertz CT molecular complexity index is 724. The third-order valence-electron chi connectivity index (χ3n) is 3.72. The van der Waals surface area contributed by atoms with E-state index < -0.39 is 0 Å². The Kier molecular flexibility index (Phi) is 6.57. The van der Waals surface area contributed by atoms with Crippen LogP contribution in [0.25, 0.3) is 0 Å². The van der Waals surface area contributed by atoms with Crippen molar-refractivity contribution in [2.45, 2.75) is 33.1 Å². The maximum Gasteiger partial charge on any atom is 0.224 e. The summed E-state index contributed by atoms with van der Waals surface area (Å²) >= 11 is 0. The van der Waals surface area contributed by atoms with Crippen LogP contribution in [0.5, 0.6) is 0 Å². The molecule has 5 heteroatoms. The Morgan fingerprint density at radius 3 is 2.04 bits per heavy atom. The van der Waals surface area contributed by atoms with Gasteiger partial charge in [-0.3, -0.25) is 9.59 Å². The van der Waals surface area contributed by atoms with Crippen LogP contribution in [-0.2, 0) is 16.0 Å². The lowest BCUT2D eigenvalue weighted by Gasteiger charge is -2.09. The van der Waals surface area contributed by atoms with E-state index >= 15 is 0 Å². The lowest BCUT2D eigenvalue weighted by Crippen LogP contribution is -2.14. The molecule has 2 aromatic rings. The normalized spacial score (nSPS) is 10.5. The largest absolute Gasteiger partial charge is 0.399 e. The Balaban J connectivity index is 1.83. The van der Waals surface area contributed by atoms with Crippen LogP contribution >= 0.6 is 0 Å². The van der Waals surface area contributed by atoms with Crippen molar-refractivity contribution in [3.05, 3.63) is 54.1 Å². The molecule has 0 aliphatic carbocycles. The first-order chi connectivity index (χ1) is 11.9. The van der Waals surface area contributed by atoms with Gasteiger partial charge in [0.15, 0.2) is 0 Å². The van der Waals surface area contributed by atoms with Crippen LogP contribution in [0.1, 0.15) is 32.3 Å². The quantitative estimate of drug-likeness (QED) is 0.670. The zero-order valence-corrected chi connectivity index (χ0v) is 14.7. The molecule has 4 N–H and O–H groups in total. The number of carbonyl (C=O) groups is 2. The summed E-state index contributed by atoms with van der Waals surface area (Å²) in [5, 5.41) is 5.69. The van der Waals surface area contributed by atoms with Gasteiger partial charge in [-0.15, -0.1) is 0 Å². The predicted molar refractivity (Wildman–Crippen MR) is 102 cm³/mol. The van der Waals surface area contributed by atoms with Gasteiger partial charge in [0.05, 0.1) is 0 Å². The van der Waals surface area contributed by atoms with Gasteiger partial charge in [-0.1, -0.05) is 32.0 Å². The van der Waals surface area contributed by atoms with Gasteiger partial charge in [0.2, 0.25) is 11.8 Å². The van der Waals surface area contributed by atoms with E-state index in [2.05, 4.69) is 10.6 Å². The molecule has 132 valence electrons. The number of para-hydroxylation sites is 1. The van der Waals surface area contributed by atoms with Crippen molar-refractivity contribution in [3.63, 3.8) is 0 Å². The Labute approximate surface area is 148 Å². The van der Waals surface area contributed by atoms with Crippen molar-refractivity contribution in [2.75, 3.05) is 16.4 Å². The van der Waals surface area contributed by atoms with Crippen molar-refractivity contribution < 1.29 is 9.59 Å². The van der Waals surface area contributed by atoms with Crippen LogP contribution < -0.4 is 16.4 Å². The SMILES string of the molecule is CC(C)CC(=O)Nc1ccc(NC(=O)CCc2ccccc2N)cc1. The number of carbonyl (C=O) groups excluding carboxylic acids is 2. The first-order valence-corrected chi connectivity index (χ1v) is 8.47. The minimum absolute atomic E-state index is 0.00719. The summed E-state index contributed by atoms with van der Waals surface area (Å²) in [5.74, 6) is 0.240. The van der Waals surface area contributed by atoms with E-state index in [1.807, 2.05) is 38.1 Å². The molecule has 0 spiro atoms. The number of nitrogens with two attached hydrogens (primary N) is 1. The minimum atomic E-state index is -0.0696. The molecule has 0 aromatic heterocycles. The first kappa shape index (κ1) is 18.5. The number of amides is 2. The summed E-state index contributed by atoms with van der Waals surface area (Å²) in [6, 6.07) is 14.7. The van der Waals surface area contributed by atoms with E-state index in [4.69, 9.17) is 5.73 Å². The summed E-state index contributed by atoms with van der Waals surface area (Å²) in [7, 11) is 0. The molecular weight excluding hydrogens is 314 g/mol. The van der Waals surface area contributed by atoms with Crippen molar-refractivity contribution in [2.24, 2.45) is 5.92 Å². The zero-order valence-electron chi connectivity index (χ0n) is 14.7. The third-order valence-corrected chi connectivity index (χ3v) is 3.72. The van der Waals surface area contributed by atoms with Crippen LogP contribution in [-0.4, -0.2) is 11.8 Å². The van der Waals surface area contributed by atoms with Crippen LogP contribution in [0.15, 0.2) is 48.5 Å². The van der Waals surface area contributed by atoms with Gasteiger partial charge in [-0.2, -0.15) is 0 Å². The van der Waals surface area contributed by atoms with Gasteiger partial charge < -0.3 is 16.4 Å². The number of nitrogen functional groups attached to an aromatic ring is 1. The maximum atomic E-state index is 12.1. The Hall–Kier alpha value is -2.82. The highest BCUT2D eigenvalue weighted by Crippen LogP contribution is 2.16. The molecule has 0 bridgehead atoms. The van der Waals surface area contributed by atoms with Gasteiger partial charge >= 0.3 is 0 Å². The van der Waals surface area contributed by atoms with Gasteiger partial charge in [0.25, 0.3) is 0 Å². The van der Waals surface area contributed by atoms with E-state index in [1.165, 1.54) is 0 Å². The summed E-state index contributed by atoms with van der Waals surface area (Å²) in [6.07, 6.45) is 1.45. The number of hydrogen-bond donors (Lipinski definition) is 3. The van der Waals surface area contributed by atoms with Crippen molar-refractivity contribution in [3.8, 4) is 0 Å². The number of anilines is 3. The molecule has 0 unspecified atom stereocenters. The third kappa shape index (κ3) is 6.30. The molecule has 25 heavy (non-hydrogen) atoms. The van der Waals surface area contributed by atoms with Crippen molar-refractivity contribution in [1.29, 1.82) is 0 Å². The van der Waals surface area contributed by atoms with Gasteiger partial charge in [-0.25, -0.2) is 0 Å². The molecular formula is C20H25N3O2. The summed E-state index contributed by atoms with van der Waals surface area (Å²) in [4.78, 5) is 23.8. The molecule has 0 saturated carbocycles. The van der Waals surface area contributed by atoms with Gasteiger partial charge in [0, 0.05) is 29.9 Å². The highest BCUT2D eigenvalue weighted by Gasteiger charge is 2.07. The average molecular weight is 339 g/mol. The summed E-state index contributed by atoms with van der Waals surface area (Å²) in [6.45, 7) is 4.00. The van der Waals surface area contributed by atoms with E-state index in [-0.39, 0.29) is 11.8 Å². The second-order valence-corrected chi connectivity index (χ2v) is 6.47. The molecule has 0 atom stereocenters. The molecule has 2 rings (SSSR count). The first-order valence-electron chi connectivity index (χ1n) is 8.47. The molecule has 0 heterocycles. The predicted octanol–water partition coefficient (Wildman–Crippen LogP) is 3.82. The zero-order chi connectivity index (χ0) is 18.2. The highest BCUT2D eigenvalue weighted by molar-refractivity contribution is 5.93. The van der Waals surface area contributed by atoms with E-state index in [0.717, 1.165) is 11.3 Å². The van der Waals surface area contributed by atoms with Crippen LogP contribution in [0.3, 0.4) is 0 Å².